The molecule has 6 nitrogen and oxygen atoms in total. The van der Waals surface area contributed by atoms with E-state index in [0.717, 1.165) is 18.8 Å². The number of nitrogens with zero attached hydrogens (tertiary/aromatic N) is 3. The minimum Gasteiger partial charge on any atom is -0.378 e. The molecule has 0 unspecified atom stereocenters. The molecule has 1 aromatic rings. The van der Waals surface area contributed by atoms with E-state index >= 15 is 0 Å². The average molecular weight is 337 g/mol. The van der Waals surface area contributed by atoms with E-state index in [9.17, 15) is 4.79 Å². The Morgan fingerprint density at radius 2 is 2.22 bits per heavy atom. The molecule has 7 heteroatoms. The van der Waals surface area contributed by atoms with Gasteiger partial charge in [0.1, 0.15) is 0 Å². The first-order valence-corrected chi connectivity index (χ1v) is 7.94. The number of ether oxygens (including phenoxy) is 1. The van der Waals surface area contributed by atoms with Crippen LogP contribution in [0.4, 0.5) is 16.2 Å². The maximum Gasteiger partial charge on any atom is 0.321 e. The Morgan fingerprint density at radius 1 is 1.52 bits per heavy atom. The van der Waals surface area contributed by atoms with Gasteiger partial charge in [0, 0.05) is 26.2 Å². The van der Waals surface area contributed by atoms with Crippen molar-refractivity contribution in [1.29, 1.82) is 5.26 Å². The van der Waals surface area contributed by atoms with Gasteiger partial charge in [-0.15, -0.1) is 0 Å². The van der Waals surface area contributed by atoms with Crippen LogP contribution in [0.25, 0.3) is 0 Å². The molecule has 0 spiro atoms. The molecule has 0 bridgehead atoms. The molecule has 23 heavy (non-hydrogen) atoms. The fraction of sp³-hybridized carbons (Fsp3) is 0.500. The molecular formula is C16H21ClN4O2. The third-order valence-electron chi connectivity index (χ3n) is 3.92. The van der Waals surface area contributed by atoms with Crippen LogP contribution in [0, 0.1) is 11.3 Å². The van der Waals surface area contributed by atoms with Crippen molar-refractivity contribution in [2.24, 2.45) is 0 Å². The first-order chi connectivity index (χ1) is 11.0. The van der Waals surface area contributed by atoms with Gasteiger partial charge in [0.2, 0.25) is 0 Å². The number of urea groups is 1. The molecule has 0 aromatic heterocycles. The molecule has 1 atom stereocenters. The summed E-state index contributed by atoms with van der Waals surface area (Å²) in [5.41, 5.74) is 1.48. The summed E-state index contributed by atoms with van der Waals surface area (Å²) in [6, 6.07) is 7.10. The average Bonchev–Trinajstić information content (AvgIpc) is 2.55. The topological polar surface area (TPSA) is 68.6 Å². The lowest BCUT2D eigenvalue weighted by Gasteiger charge is -2.32. The molecular weight excluding hydrogens is 316 g/mol. The zero-order chi connectivity index (χ0) is 16.8. The van der Waals surface area contributed by atoms with Gasteiger partial charge in [-0.1, -0.05) is 17.7 Å². The fourth-order valence-corrected chi connectivity index (χ4v) is 2.69. The summed E-state index contributed by atoms with van der Waals surface area (Å²) in [5, 5.41) is 12.3. The van der Waals surface area contributed by atoms with Gasteiger partial charge in [-0.25, -0.2) is 4.79 Å². The lowest BCUT2D eigenvalue weighted by atomic mass is 10.2. The van der Waals surface area contributed by atoms with Crippen molar-refractivity contribution in [2.45, 2.75) is 19.4 Å². The van der Waals surface area contributed by atoms with Crippen molar-refractivity contribution in [1.82, 2.24) is 4.90 Å². The summed E-state index contributed by atoms with van der Waals surface area (Å²) in [4.78, 5) is 16.0. The molecule has 1 aliphatic heterocycles. The van der Waals surface area contributed by atoms with Crippen LogP contribution in [0.2, 0.25) is 5.02 Å². The highest BCUT2D eigenvalue weighted by molar-refractivity contribution is 6.34. The summed E-state index contributed by atoms with van der Waals surface area (Å²) >= 11 is 6.35. The zero-order valence-corrected chi connectivity index (χ0v) is 14.1. The first kappa shape index (κ1) is 17.4. The molecule has 124 valence electrons. The highest BCUT2D eigenvalue weighted by Gasteiger charge is 2.21. The highest BCUT2D eigenvalue weighted by Crippen LogP contribution is 2.34. The van der Waals surface area contributed by atoms with E-state index in [-0.39, 0.29) is 18.5 Å². The molecule has 2 amide bonds. The Kier molecular flexibility index (Phi) is 6.08. The molecule has 1 aliphatic rings. The van der Waals surface area contributed by atoms with Crippen LogP contribution >= 0.6 is 11.6 Å². The fourth-order valence-electron chi connectivity index (χ4n) is 2.40. The van der Waals surface area contributed by atoms with Crippen molar-refractivity contribution in [3.05, 3.63) is 23.2 Å². The number of anilines is 2. The smallest absolute Gasteiger partial charge is 0.321 e. The number of morpholine rings is 1. The number of amides is 2. The Balaban J connectivity index is 2.18. The number of nitriles is 1. The van der Waals surface area contributed by atoms with Gasteiger partial charge in [-0.3, -0.25) is 0 Å². The minimum atomic E-state index is -0.260. The number of hydrogen-bond donors (Lipinski definition) is 1. The van der Waals surface area contributed by atoms with E-state index in [0.29, 0.717) is 23.9 Å². The molecule has 0 saturated carbocycles. The van der Waals surface area contributed by atoms with Crippen molar-refractivity contribution >= 4 is 29.0 Å². The second-order valence-electron chi connectivity index (χ2n) is 5.49. The lowest BCUT2D eigenvalue weighted by Crippen LogP contribution is -2.39. The molecule has 2 rings (SSSR count). The van der Waals surface area contributed by atoms with Gasteiger partial charge in [0.25, 0.3) is 0 Å². The van der Waals surface area contributed by atoms with Crippen LogP contribution < -0.4 is 10.2 Å². The van der Waals surface area contributed by atoms with Crippen molar-refractivity contribution in [3.8, 4) is 6.07 Å². The van der Waals surface area contributed by atoms with Crippen LogP contribution in [0.3, 0.4) is 0 Å². The predicted octanol–water partition coefficient (Wildman–Crippen LogP) is 2.94. The van der Waals surface area contributed by atoms with Crippen LogP contribution in [-0.2, 0) is 4.74 Å². The number of benzene rings is 1. The van der Waals surface area contributed by atoms with Crippen LogP contribution in [0.5, 0.6) is 0 Å². The normalized spacial score (nSPS) is 15.7. The molecule has 1 heterocycles. The summed E-state index contributed by atoms with van der Waals surface area (Å²) in [6.45, 7) is 4.57. The Hall–Kier alpha value is -1.97. The Labute approximate surface area is 141 Å². The Bertz CT molecular complexity index is 596. The number of halogens is 1. The maximum absolute atomic E-state index is 12.4. The summed E-state index contributed by atoms with van der Waals surface area (Å²) in [5.74, 6) is 0. The standard InChI is InChI=1S/C16H21ClN4O2/c1-12(6-7-18)20(2)16(22)19-14-5-3-4-13(17)15(14)21-8-10-23-11-9-21/h3-5,12H,6,8-11H2,1-2H3,(H,19,22)/t12-/m0/s1. The van der Waals surface area contributed by atoms with E-state index in [2.05, 4.69) is 16.3 Å². The van der Waals surface area contributed by atoms with Gasteiger partial charge < -0.3 is 19.9 Å². The Morgan fingerprint density at radius 3 is 2.87 bits per heavy atom. The SMILES string of the molecule is C[C@@H](CC#N)N(C)C(=O)Nc1cccc(Cl)c1N1CCOCC1. The number of hydrogen-bond acceptors (Lipinski definition) is 4. The number of para-hydroxylation sites is 1. The third kappa shape index (κ3) is 4.27. The monoisotopic (exact) mass is 336 g/mol. The second-order valence-corrected chi connectivity index (χ2v) is 5.89. The third-order valence-corrected chi connectivity index (χ3v) is 4.23. The van der Waals surface area contributed by atoms with Gasteiger partial charge >= 0.3 is 6.03 Å². The van der Waals surface area contributed by atoms with Crippen molar-refractivity contribution < 1.29 is 9.53 Å². The van der Waals surface area contributed by atoms with E-state index in [1.54, 1.807) is 13.1 Å². The molecule has 0 aliphatic carbocycles. The van der Waals surface area contributed by atoms with Crippen LogP contribution in [-0.4, -0.2) is 50.3 Å². The summed E-state index contributed by atoms with van der Waals surface area (Å²) in [6.07, 6.45) is 0.287. The molecule has 0 radical (unpaired) electrons. The van der Waals surface area contributed by atoms with Gasteiger partial charge in [-0.2, -0.15) is 5.26 Å². The van der Waals surface area contributed by atoms with E-state index in [1.165, 1.54) is 4.90 Å². The summed E-state index contributed by atoms with van der Waals surface area (Å²) in [7, 11) is 1.68. The number of carbonyl (C=O) groups is 1. The number of carbonyl (C=O) groups excluding carboxylic acids is 1. The molecule has 1 N–H and O–H groups in total. The van der Waals surface area contributed by atoms with Crippen molar-refractivity contribution in [2.75, 3.05) is 43.6 Å². The minimum absolute atomic E-state index is 0.161. The van der Waals surface area contributed by atoms with E-state index < -0.39 is 0 Å². The number of rotatable bonds is 4. The van der Waals surface area contributed by atoms with Crippen LogP contribution in [0.15, 0.2) is 18.2 Å². The van der Waals surface area contributed by atoms with E-state index in [4.69, 9.17) is 21.6 Å². The highest BCUT2D eigenvalue weighted by atomic mass is 35.5. The summed E-state index contributed by atoms with van der Waals surface area (Å²) < 4.78 is 5.37. The first-order valence-electron chi connectivity index (χ1n) is 7.56. The zero-order valence-electron chi connectivity index (χ0n) is 13.4. The lowest BCUT2D eigenvalue weighted by molar-refractivity contribution is 0.123. The van der Waals surface area contributed by atoms with Gasteiger partial charge in [0.15, 0.2) is 0 Å². The predicted molar refractivity (Wildman–Crippen MR) is 91.0 cm³/mol. The molecule has 1 saturated heterocycles. The van der Waals surface area contributed by atoms with Gasteiger partial charge in [0.05, 0.1) is 42.1 Å². The van der Waals surface area contributed by atoms with Gasteiger partial charge in [-0.05, 0) is 19.1 Å². The number of nitrogens with one attached hydrogen (secondary N) is 1. The van der Waals surface area contributed by atoms with E-state index in [1.807, 2.05) is 19.1 Å². The molecule has 1 aromatic carbocycles. The van der Waals surface area contributed by atoms with Crippen molar-refractivity contribution in [3.63, 3.8) is 0 Å². The second kappa shape index (κ2) is 8.04. The quantitative estimate of drug-likeness (QED) is 0.917. The maximum atomic E-state index is 12.4. The van der Waals surface area contributed by atoms with Crippen LogP contribution in [0.1, 0.15) is 13.3 Å². The largest absolute Gasteiger partial charge is 0.378 e. The molecule has 1 fully saturated rings.